The van der Waals surface area contributed by atoms with Gasteiger partial charge in [-0.15, -0.1) is 5.10 Å². The van der Waals surface area contributed by atoms with Gasteiger partial charge < -0.3 is 15.1 Å². The van der Waals surface area contributed by atoms with Gasteiger partial charge in [0.05, 0.1) is 22.8 Å². The molecule has 3 heterocycles. The van der Waals surface area contributed by atoms with E-state index in [9.17, 15) is 13.2 Å². The van der Waals surface area contributed by atoms with E-state index in [1.165, 1.54) is 12.1 Å². The van der Waals surface area contributed by atoms with Crippen LogP contribution >= 0.6 is 0 Å². The third-order valence-electron chi connectivity index (χ3n) is 6.41. The molecule has 1 aliphatic rings. The minimum absolute atomic E-state index is 0.0892. The van der Waals surface area contributed by atoms with Gasteiger partial charge in [0.2, 0.25) is 0 Å². The number of anilines is 2. The number of nitrogens with zero attached hydrogens (tertiary/aromatic N) is 5. The highest BCUT2D eigenvalue weighted by Gasteiger charge is 2.41. The van der Waals surface area contributed by atoms with E-state index in [-0.39, 0.29) is 11.1 Å². The van der Waals surface area contributed by atoms with E-state index in [1.807, 2.05) is 13.0 Å². The molecule has 0 spiro atoms. The van der Waals surface area contributed by atoms with Crippen molar-refractivity contribution in [3.8, 4) is 0 Å². The third-order valence-corrected chi connectivity index (χ3v) is 6.41. The first-order valence-corrected chi connectivity index (χ1v) is 10.5. The fraction of sp³-hybridized carbons (Fsp3) is 0.435. The molecule has 0 unspecified atom stereocenters. The lowest BCUT2D eigenvalue weighted by molar-refractivity contribution is 0.132. The Balaban J connectivity index is 1.66. The predicted molar refractivity (Wildman–Crippen MR) is 120 cm³/mol. The Morgan fingerprint density at radius 1 is 1.12 bits per heavy atom. The Morgan fingerprint density at radius 2 is 1.81 bits per heavy atom. The van der Waals surface area contributed by atoms with Gasteiger partial charge in [0.1, 0.15) is 11.6 Å². The van der Waals surface area contributed by atoms with Crippen molar-refractivity contribution < 1.29 is 13.2 Å². The molecule has 0 radical (unpaired) electrons. The van der Waals surface area contributed by atoms with Gasteiger partial charge in [-0.05, 0) is 40.9 Å². The number of pyridine rings is 1. The Labute approximate surface area is 185 Å². The van der Waals surface area contributed by atoms with Crippen LogP contribution in [0.4, 0.5) is 24.8 Å². The molecule has 0 saturated carbocycles. The van der Waals surface area contributed by atoms with Crippen LogP contribution in [-0.2, 0) is 0 Å². The molecule has 0 bridgehead atoms. The van der Waals surface area contributed by atoms with E-state index in [2.05, 4.69) is 51.3 Å². The summed E-state index contributed by atoms with van der Waals surface area (Å²) < 4.78 is 40.9. The Kier molecular flexibility index (Phi) is 5.70. The van der Waals surface area contributed by atoms with E-state index >= 15 is 0 Å². The number of fused-ring (bicyclic) bond motifs is 1. The molecule has 1 fully saturated rings. The second-order valence-corrected chi connectivity index (χ2v) is 8.89. The van der Waals surface area contributed by atoms with Crippen molar-refractivity contribution >= 4 is 22.4 Å². The van der Waals surface area contributed by atoms with Crippen LogP contribution in [0, 0.1) is 12.7 Å². The molecule has 2 aromatic heterocycles. The number of rotatable bonds is 6. The Bertz CT molecular complexity index is 1140. The molecule has 1 saturated heterocycles. The molecule has 1 atom stereocenters. The smallest absolute Gasteiger partial charge is 0.266 e. The number of likely N-dealkylation sites (N-methyl/N-ethyl adjacent to an activating group) is 1. The van der Waals surface area contributed by atoms with Crippen molar-refractivity contribution in [3.63, 3.8) is 0 Å². The minimum Gasteiger partial charge on any atom is -0.361 e. The number of nitrogens with one attached hydrogen (secondary N) is 1. The van der Waals surface area contributed by atoms with Crippen LogP contribution in [0.1, 0.15) is 43.1 Å². The van der Waals surface area contributed by atoms with E-state index < -0.39 is 23.8 Å². The van der Waals surface area contributed by atoms with Crippen LogP contribution in [-0.4, -0.2) is 52.8 Å². The summed E-state index contributed by atoms with van der Waals surface area (Å²) in [5.74, 6) is 0.378. The van der Waals surface area contributed by atoms with Crippen molar-refractivity contribution in [3.05, 3.63) is 53.1 Å². The van der Waals surface area contributed by atoms with E-state index in [4.69, 9.17) is 0 Å². The largest absolute Gasteiger partial charge is 0.361 e. The van der Waals surface area contributed by atoms with Crippen LogP contribution in [0.25, 0.3) is 10.8 Å². The fourth-order valence-electron chi connectivity index (χ4n) is 4.02. The quantitative estimate of drug-likeness (QED) is 0.594. The molecule has 170 valence electrons. The lowest BCUT2D eigenvalue weighted by Gasteiger charge is -2.52. The maximum absolute atomic E-state index is 14.6. The summed E-state index contributed by atoms with van der Waals surface area (Å²) >= 11 is 0. The molecular formula is C23H27F3N6. The monoisotopic (exact) mass is 444 g/mol. The van der Waals surface area contributed by atoms with Gasteiger partial charge in [0.25, 0.3) is 6.43 Å². The highest BCUT2D eigenvalue weighted by Crippen LogP contribution is 2.34. The molecule has 1 aromatic carbocycles. The standard InChI is InChI=1S/C23H27F3N6/c1-13(15-7-6-8-16(20(15)24)21(25)26)28-22-17-9-19(27-10-18(17)14(2)29-30-22)32-11-23(3,12-32)31(4)5/h6-10,13,21H,11-12H2,1-5H3,(H,28,30)/t13-/m1/s1. The highest BCUT2D eigenvalue weighted by molar-refractivity contribution is 5.94. The lowest BCUT2D eigenvalue weighted by Crippen LogP contribution is -2.67. The summed E-state index contributed by atoms with van der Waals surface area (Å²) in [6.45, 7) is 7.46. The lowest BCUT2D eigenvalue weighted by atomic mass is 9.91. The summed E-state index contributed by atoms with van der Waals surface area (Å²) in [6.07, 6.45) is -1.10. The average Bonchev–Trinajstić information content (AvgIpc) is 2.73. The van der Waals surface area contributed by atoms with Crippen molar-refractivity contribution in [2.24, 2.45) is 0 Å². The molecule has 6 nitrogen and oxygen atoms in total. The van der Waals surface area contributed by atoms with Gasteiger partial charge in [0, 0.05) is 35.6 Å². The van der Waals surface area contributed by atoms with Gasteiger partial charge in [0.15, 0.2) is 5.82 Å². The van der Waals surface area contributed by atoms with Crippen LogP contribution in [0.2, 0.25) is 0 Å². The Hall–Kier alpha value is -2.94. The predicted octanol–water partition coefficient (Wildman–Crippen LogP) is 4.72. The van der Waals surface area contributed by atoms with Crippen LogP contribution in [0.3, 0.4) is 0 Å². The molecule has 4 rings (SSSR count). The van der Waals surface area contributed by atoms with Crippen molar-refractivity contribution in [2.75, 3.05) is 37.4 Å². The van der Waals surface area contributed by atoms with Gasteiger partial charge in [-0.3, -0.25) is 0 Å². The molecule has 9 heteroatoms. The maximum Gasteiger partial charge on any atom is 0.266 e. The molecule has 32 heavy (non-hydrogen) atoms. The second-order valence-electron chi connectivity index (χ2n) is 8.89. The highest BCUT2D eigenvalue weighted by atomic mass is 19.3. The van der Waals surface area contributed by atoms with Crippen LogP contribution in [0.5, 0.6) is 0 Å². The van der Waals surface area contributed by atoms with E-state index in [1.54, 1.807) is 13.1 Å². The van der Waals surface area contributed by atoms with Gasteiger partial charge in [-0.1, -0.05) is 18.2 Å². The molecule has 3 aromatic rings. The topological polar surface area (TPSA) is 57.2 Å². The molecule has 0 aliphatic carbocycles. The van der Waals surface area contributed by atoms with Crippen LogP contribution < -0.4 is 10.2 Å². The molecule has 1 N–H and O–H groups in total. The SMILES string of the molecule is Cc1nnc(N[C@H](C)c2cccc(C(F)F)c2F)c2cc(N3CC(C)(N(C)C)C3)ncc12. The Morgan fingerprint density at radius 3 is 2.47 bits per heavy atom. The number of hydrogen-bond acceptors (Lipinski definition) is 6. The molecule has 1 aliphatic heterocycles. The van der Waals surface area contributed by atoms with Gasteiger partial charge in [-0.2, -0.15) is 5.10 Å². The average molecular weight is 445 g/mol. The maximum atomic E-state index is 14.6. The second kappa shape index (κ2) is 8.20. The number of aromatic nitrogens is 3. The van der Waals surface area contributed by atoms with Crippen molar-refractivity contribution in [1.82, 2.24) is 20.1 Å². The summed E-state index contributed by atoms with van der Waals surface area (Å²) in [5, 5.41) is 13.3. The normalized spacial score (nSPS) is 16.5. The van der Waals surface area contributed by atoms with Gasteiger partial charge >= 0.3 is 0 Å². The zero-order valence-electron chi connectivity index (χ0n) is 18.8. The number of halogens is 3. The summed E-state index contributed by atoms with van der Waals surface area (Å²) in [4.78, 5) is 9.00. The first-order chi connectivity index (χ1) is 15.1. The number of benzene rings is 1. The first kappa shape index (κ1) is 22.3. The third kappa shape index (κ3) is 3.85. The molecule has 0 amide bonds. The number of hydrogen-bond donors (Lipinski definition) is 1. The van der Waals surface area contributed by atoms with Gasteiger partial charge in [-0.25, -0.2) is 18.2 Å². The van der Waals surface area contributed by atoms with E-state index in [0.29, 0.717) is 5.82 Å². The fourth-order valence-corrected chi connectivity index (χ4v) is 4.02. The first-order valence-electron chi connectivity index (χ1n) is 10.5. The summed E-state index contributed by atoms with van der Waals surface area (Å²) in [5.41, 5.74) is 0.359. The summed E-state index contributed by atoms with van der Waals surface area (Å²) in [6, 6.07) is 5.39. The van der Waals surface area contributed by atoms with E-state index in [0.717, 1.165) is 41.4 Å². The zero-order valence-corrected chi connectivity index (χ0v) is 18.8. The number of aryl methyl sites for hydroxylation is 1. The minimum atomic E-state index is -2.87. The van der Waals surface area contributed by atoms with Crippen LogP contribution in [0.15, 0.2) is 30.5 Å². The number of alkyl halides is 2. The van der Waals surface area contributed by atoms with Crippen molar-refractivity contribution in [2.45, 2.75) is 38.8 Å². The van der Waals surface area contributed by atoms with Crippen molar-refractivity contribution in [1.29, 1.82) is 0 Å². The zero-order chi connectivity index (χ0) is 23.2. The summed E-state index contributed by atoms with van der Waals surface area (Å²) in [7, 11) is 4.13. The molecular weight excluding hydrogens is 417 g/mol.